The SMILES string of the molecule is CCN(CC)Cc1sc(-c2nc(-c3ccc(CCNC)cc3)no2)cc1C. The third-order valence-corrected chi connectivity index (χ3v) is 6.00. The van der Waals surface area contributed by atoms with Crippen molar-refractivity contribution in [2.45, 2.75) is 33.7 Å². The Morgan fingerprint density at radius 1 is 1.15 bits per heavy atom. The van der Waals surface area contributed by atoms with Crippen LogP contribution in [0.1, 0.15) is 29.9 Å². The van der Waals surface area contributed by atoms with Crippen LogP contribution in [0.25, 0.3) is 22.2 Å². The quantitative estimate of drug-likeness (QED) is 0.593. The Bertz CT molecular complexity index is 849. The zero-order valence-electron chi connectivity index (χ0n) is 16.6. The number of rotatable bonds is 9. The number of benzene rings is 1. The molecule has 6 heteroatoms. The smallest absolute Gasteiger partial charge is 0.268 e. The highest BCUT2D eigenvalue weighted by Crippen LogP contribution is 2.32. The molecule has 0 saturated heterocycles. The summed E-state index contributed by atoms with van der Waals surface area (Å²) in [6.07, 6.45) is 1.01. The fraction of sp³-hybridized carbons (Fsp3) is 0.429. The van der Waals surface area contributed by atoms with Gasteiger partial charge >= 0.3 is 0 Å². The predicted molar refractivity (Wildman–Crippen MR) is 112 cm³/mol. The molecule has 0 spiro atoms. The van der Waals surface area contributed by atoms with E-state index in [0.29, 0.717) is 11.7 Å². The van der Waals surface area contributed by atoms with Crippen molar-refractivity contribution in [3.8, 4) is 22.2 Å². The van der Waals surface area contributed by atoms with Gasteiger partial charge in [-0.3, -0.25) is 4.90 Å². The fourth-order valence-corrected chi connectivity index (χ4v) is 4.10. The summed E-state index contributed by atoms with van der Waals surface area (Å²) in [5.74, 6) is 1.24. The van der Waals surface area contributed by atoms with E-state index in [4.69, 9.17) is 4.52 Å². The average Bonchev–Trinajstić information content (AvgIpc) is 3.32. The van der Waals surface area contributed by atoms with Crippen LogP contribution < -0.4 is 5.32 Å². The number of nitrogens with zero attached hydrogens (tertiary/aromatic N) is 3. The summed E-state index contributed by atoms with van der Waals surface area (Å²) in [6.45, 7) is 10.6. The molecule has 1 N–H and O–H groups in total. The van der Waals surface area contributed by atoms with Gasteiger partial charge in [-0.05, 0) is 57.2 Å². The Hall–Kier alpha value is -2.02. The van der Waals surface area contributed by atoms with E-state index < -0.39 is 0 Å². The molecule has 0 atom stereocenters. The molecule has 2 aromatic heterocycles. The molecule has 0 radical (unpaired) electrons. The van der Waals surface area contributed by atoms with Gasteiger partial charge in [0.25, 0.3) is 5.89 Å². The first-order valence-electron chi connectivity index (χ1n) is 9.54. The maximum atomic E-state index is 5.55. The van der Waals surface area contributed by atoms with Crippen molar-refractivity contribution >= 4 is 11.3 Å². The third kappa shape index (κ3) is 4.83. The summed E-state index contributed by atoms with van der Waals surface area (Å²) in [5.41, 5.74) is 3.57. The number of likely N-dealkylation sites (N-methyl/N-ethyl adjacent to an activating group) is 1. The molecule has 0 amide bonds. The van der Waals surface area contributed by atoms with Gasteiger partial charge in [-0.25, -0.2) is 0 Å². The molecular formula is C21H28N4OS. The molecule has 0 bridgehead atoms. The van der Waals surface area contributed by atoms with E-state index in [1.165, 1.54) is 16.0 Å². The summed E-state index contributed by atoms with van der Waals surface area (Å²) in [4.78, 5) is 9.44. The van der Waals surface area contributed by atoms with Crippen LogP contribution in [-0.2, 0) is 13.0 Å². The first kappa shape index (κ1) is 19.7. The van der Waals surface area contributed by atoms with Gasteiger partial charge in [-0.2, -0.15) is 4.98 Å². The van der Waals surface area contributed by atoms with Crippen LogP contribution in [0.2, 0.25) is 0 Å². The zero-order valence-corrected chi connectivity index (χ0v) is 17.4. The molecule has 0 saturated carbocycles. The first-order chi connectivity index (χ1) is 13.1. The van der Waals surface area contributed by atoms with E-state index in [9.17, 15) is 0 Å². The van der Waals surface area contributed by atoms with Gasteiger partial charge < -0.3 is 9.84 Å². The Kier molecular flexibility index (Phi) is 6.77. The molecular weight excluding hydrogens is 356 g/mol. The van der Waals surface area contributed by atoms with Crippen molar-refractivity contribution in [3.63, 3.8) is 0 Å². The van der Waals surface area contributed by atoms with Crippen molar-refractivity contribution in [2.24, 2.45) is 0 Å². The minimum Gasteiger partial charge on any atom is -0.333 e. The van der Waals surface area contributed by atoms with E-state index in [1.807, 2.05) is 7.05 Å². The highest BCUT2D eigenvalue weighted by atomic mass is 32.1. The average molecular weight is 385 g/mol. The van der Waals surface area contributed by atoms with E-state index >= 15 is 0 Å². The molecule has 27 heavy (non-hydrogen) atoms. The lowest BCUT2D eigenvalue weighted by atomic mass is 10.1. The first-order valence-corrected chi connectivity index (χ1v) is 10.4. The second-order valence-electron chi connectivity index (χ2n) is 6.65. The Morgan fingerprint density at radius 2 is 1.89 bits per heavy atom. The number of thiophene rings is 1. The predicted octanol–water partition coefficient (Wildman–Crippen LogP) is 4.38. The van der Waals surface area contributed by atoms with E-state index in [0.717, 1.165) is 43.0 Å². The standard InChI is InChI=1S/C21H28N4OS/c1-5-25(6-2)14-19-15(3)13-18(27-19)21-23-20(24-26-21)17-9-7-16(8-10-17)11-12-22-4/h7-10,13,22H,5-6,11-12,14H2,1-4H3. The number of hydrogen-bond acceptors (Lipinski definition) is 6. The molecule has 2 heterocycles. The van der Waals surface area contributed by atoms with Crippen LogP contribution in [-0.4, -0.2) is 41.7 Å². The van der Waals surface area contributed by atoms with Gasteiger partial charge in [-0.15, -0.1) is 11.3 Å². The summed E-state index contributed by atoms with van der Waals surface area (Å²) in [6, 6.07) is 10.5. The van der Waals surface area contributed by atoms with E-state index in [-0.39, 0.29) is 0 Å². The topological polar surface area (TPSA) is 54.2 Å². The maximum Gasteiger partial charge on any atom is 0.268 e. The van der Waals surface area contributed by atoms with Crippen LogP contribution in [0.4, 0.5) is 0 Å². The molecule has 3 aromatic rings. The number of hydrogen-bond donors (Lipinski definition) is 1. The lowest BCUT2D eigenvalue weighted by Crippen LogP contribution is -2.21. The van der Waals surface area contributed by atoms with Crippen LogP contribution in [0, 0.1) is 6.92 Å². The molecule has 3 rings (SSSR count). The van der Waals surface area contributed by atoms with E-state index in [1.54, 1.807) is 11.3 Å². The zero-order chi connectivity index (χ0) is 19.2. The Labute approximate surface area is 165 Å². The summed E-state index contributed by atoms with van der Waals surface area (Å²) >= 11 is 1.75. The largest absolute Gasteiger partial charge is 0.333 e. The molecule has 0 fully saturated rings. The van der Waals surface area contributed by atoms with Crippen LogP contribution >= 0.6 is 11.3 Å². The molecule has 144 valence electrons. The van der Waals surface area contributed by atoms with Gasteiger partial charge in [0.2, 0.25) is 5.82 Å². The second kappa shape index (κ2) is 9.26. The third-order valence-electron chi connectivity index (χ3n) is 4.79. The molecule has 0 unspecified atom stereocenters. The molecule has 0 aliphatic carbocycles. The monoisotopic (exact) mass is 384 g/mol. The summed E-state index contributed by atoms with van der Waals surface area (Å²) in [5, 5.41) is 7.35. The van der Waals surface area contributed by atoms with Crippen LogP contribution in [0.3, 0.4) is 0 Å². The van der Waals surface area contributed by atoms with Crippen molar-refractivity contribution in [3.05, 3.63) is 46.3 Å². The highest BCUT2D eigenvalue weighted by Gasteiger charge is 2.16. The number of aryl methyl sites for hydroxylation is 1. The fourth-order valence-electron chi connectivity index (χ4n) is 2.96. The van der Waals surface area contributed by atoms with Crippen LogP contribution in [0.5, 0.6) is 0 Å². The number of aromatic nitrogens is 2. The summed E-state index contributed by atoms with van der Waals surface area (Å²) < 4.78 is 5.55. The van der Waals surface area contributed by atoms with Crippen molar-refractivity contribution in [1.82, 2.24) is 20.4 Å². The van der Waals surface area contributed by atoms with Crippen molar-refractivity contribution in [1.29, 1.82) is 0 Å². The van der Waals surface area contributed by atoms with Gasteiger partial charge in [0, 0.05) is 17.0 Å². The molecule has 1 aromatic carbocycles. The molecule has 0 aliphatic rings. The second-order valence-corrected chi connectivity index (χ2v) is 7.79. The van der Waals surface area contributed by atoms with Crippen molar-refractivity contribution in [2.75, 3.05) is 26.7 Å². The van der Waals surface area contributed by atoms with Gasteiger partial charge in [-0.1, -0.05) is 43.3 Å². The lowest BCUT2D eigenvalue weighted by Gasteiger charge is -2.17. The van der Waals surface area contributed by atoms with Crippen molar-refractivity contribution < 1.29 is 4.52 Å². The minimum atomic E-state index is 0.600. The molecule has 5 nitrogen and oxygen atoms in total. The Balaban J connectivity index is 1.76. The van der Waals surface area contributed by atoms with E-state index in [2.05, 4.69) is 71.5 Å². The minimum absolute atomic E-state index is 0.600. The van der Waals surface area contributed by atoms with Crippen LogP contribution in [0.15, 0.2) is 34.9 Å². The van der Waals surface area contributed by atoms with Gasteiger partial charge in [0.05, 0.1) is 4.88 Å². The Morgan fingerprint density at radius 3 is 2.56 bits per heavy atom. The van der Waals surface area contributed by atoms with Gasteiger partial charge in [0.1, 0.15) is 0 Å². The maximum absolute atomic E-state index is 5.55. The molecule has 0 aliphatic heterocycles. The highest BCUT2D eigenvalue weighted by molar-refractivity contribution is 7.15. The normalized spacial score (nSPS) is 11.4. The number of nitrogens with one attached hydrogen (secondary N) is 1. The van der Waals surface area contributed by atoms with Gasteiger partial charge in [0.15, 0.2) is 0 Å². The summed E-state index contributed by atoms with van der Waals surface area (Å²) in [7, 11) is 1.97. The lowest BCUT2D eigenvalue weighted by molar-refractivity contribution is 0.298.